The standard InChI is InChI=1S/C13H9Br2FIN/c14-10-6-9(4-5-12(10)17)18-7-8-2-1-3-11(16)13(8)15/h1-6,18H,7H2. The quantitative estimate of drug-likeness (QED) is 0.562. The Morgan fingerprint density at radius 2 is 1.94 bits per heavy atom. The first kappa shape index (κ1) is 14.3. The van der Waals surface area contributed by atoms with Crippen molar-refractivity contribution < 1.29 is 4.39 Å². The molecule has 5 heteroatoms. The maximum absolute atomic E-state index is 13.3. The third-order valence-electron chi connectivity index (χ3n) is 2.43. The van der Waals surface area contributed by atoms with Gasteiger partial charge in [0.1, 0.15) is 5.82 Å². The van der Waals surface area contributed by atoms with Gasteiger partial charge in [-0.05, 0) is 84.3 Å². The molecular formula is C13H9Br2FIN. The van der Waals surface area contributed by atoms with E-state index in [1.807, 2.05) is 24.3 Å². The van der Waals surface area contributed by atoms with Crippen molar-refractivity contribution in [3.8, 4) is 0 Å². The van der Waals surface area contributed by atoms with Gasteiger partial charge in [-0.1, -0.05) is 12.1 Å². The van der Waals surface area contributed by atoms with E-state index in [0.717, 1.165) is 19.3 Å². The SMILES string of the molecule is Fc1cccc(CNc2ccc(I)c(Br)c2)c1Br. The lowest BCUT2D eigenvalue weighted by molar-refractivity contribution is 0.618. The van der Waals surface area contributed by atoms with Gasteiger partial charge in [0.15, 0.2) is 0 Å². The van der Waals surface area contributed by atoms with Crippen molar-refractivity contribution in [2.24, 2.45) is 0 Å². The molecule has 0 unspecified atom stereocenters. The summed E-state index contributed by atoms with van der Waals surface area (Å²) in [5, 5.41) is 3.27. The predicted octanol–water partition coefficient (Wildman–Crippen LogP) is 5.57. The van der Waals surface area contributed by atoms with E-state index in [1.165, 1.54) is 6.07 Å². The van der Waals surface area contributed by atoms with E-state index < -0.39 is 0 Å². The van der Waals surface area contributed by atoms with Gasteiger partial charge in [-0.3, -0.25) is 0 Å². The third-order valence-corrected chi connectivity index (χ3v) is 5.66. The summed E-state index contributed by atoms with van der Waals surface area (Å²) in [6.07, 6.45) is 0. The Bertz CT molecular complexity index is 575. The fourth-order valence-corrected chi connectivity index (χ4v) is 2.61. The summed E-state index contributed by atoms with van der Waals surface area (Å²) in [5.41, 5.74) is 1.89. The van der Waals surface area contributed by atoms with Gasteiger partial charge >= 0.3 is 0 Å². The van der Waals surface area contributed by atoms with E-state index in [4.69, 9.17) is 0 Å². The monoisotopic (exact) mass is 483 g/mol. The molecule has 2 aromatic rings. The molecule has 2 aromatic carbocycles. The van der Waals surface area contributed by atoms with E-state index >= 15 is 0 Å². The van der Waals surface area contributed by atoms with Crippen LogP contribution in [0.15, 0.2) is 45.3 Å². The molecule has 0 fully saturated rings. The Labute approximate surface area is 136 Å². The van der Waals surface area contributed by atoms with Gasteiger partial charge in [-0.25, -0.2) is 4.39 Å². The van der Waals surface area contributed by atoms with E-state index in [0.29, 0.717) is 11.0 Å². The number of benzene rings is 2. The van der Waals surface area contributed by atoms with Crippen LogP contribution in [0.5, 0.6) is 0 Å². The normalized spacial score (nSPS) is 10.4. The molecule has 0 bridgehead atoms. The van der Waals surface area contributed by atoms with Crippen molar-refractivity contribution in [1.82, 2.24) is 0 Å². The highest BCUT2D eigenvalue weighted by molar-refractivity contribution is 14.1. The van der Waals surface area contributed by atoms with Crippen LogP contribution in [-0.2, 0) is 6.54 Å². The topological polar surface area (TPSA) is 12.0 Å². The van der Waals surface area contributed by atoms with Gasteiger partial charge < -0.3 is 5.32 Å². The highest BCUT2D eigenvalue weighted by Gasteiger charge is 2.05. The Kier molecular flexibility index (Phi) is 5.03. The highest BCUT2D eigenvalue weighted by Crippen LogP contribution is 2.25. The molecule has 0 amide bonds. The molecule has 0 heterocycles. The Balaban J connectivity index is 2.11. The summed E-state index contributed by atoms with van der Waals surface area (Å²) >= 11 is 8.99. The average molecular weight is 485 g/mol. The van der Waals surface area contributed by atoms with Crippen molar-refractivity contribution in [3.05, 3.63) is 60.3 Å². The molecule has 18 heavy (non-hydrogen) atoms. The first-order valence-corrected chi connectivity index (χ1v) is 7.86. The number of halogens is 4. The molecule has 0 aromatic heterocycles. The molecule has 0 saturated carbocycles. The van der Waals surface area contributed by atoms with Gasteiger partial charge in [0.2, 0.25) is 0 Å². The summed E-state index contributed by atoms with van der Waals surface area (Å²) in [6.45, 7) is 0.575. The van der Waals surface area contributed by atoms with Crippen LogP contribution in [0.4, 0.5) is 10.1 Å². The molecule has 0 spiro atoms. The maximum Gasteiger partial charge on any atom is 0.137 e. The molecule has 0 saturated heterocycles. The predicted molar refractivity (Wildman–Crippen MR) is 88.3 cm³/mol. The molecule has 2 rings (SSSR count). The number of anilines is 1. The molecule has 0 atom stereocenters. The number of hydrogen-bond acceptors (Lipinski definition) is 1. The Morgan fingerprint density at radius 1 is 1.17 bits per heavy atom. The molecule has 1 nitrogen and oxygen atoms in total. The molecule has 94 valence electrons. The minimum Gasteiger partial charge on any atom is -0.381 e. The summed E-state index contributed by atoms with van der Waals surface area (Å²) in [5.74, 6) is -0.238. The van der Waals surface area contributed by atoms with E-state index in [2.05, 4.69) is 59.8 Å². The maximum atomic E-state index is 13.3. The summed E-state index contributed by atoms with van der Waals surface area (Å²) < 4.78 is 16.1. The van der Waals surface area contributed by atoms with Gasteiger partial charge in [0.25, 0.3) is 0 Å². The van der Waals surface area contributed by atoms with E-state index in [9.17, 15) is 4.39 Å². The highest BCUT2D eigenvalue weighted by atomic mass is 127. The van der Waals surface area contributed by atoms with Crippen molar-refractivity contribution in [3.63, 3.8) is 0 Å². The van der Waals surface area contributed by atoms with Crippen LogP contribution in [0.1, 0.15) is 5.56 Å². The molecule has 1 N–H and O–H groups in total. The first-order valence-electron chi connectivity index (χ1n) is 5.20. The largest absolute Gasteiger partial charge is 0.381 e. The lowest BCUT2D eigenvalue weighted by atomic mass is 10.2. The number of rotatable bonds is 3. The third kappa shape index (κ3) is 3.45. The van der Waals surface area contributed by atoms with Crippen molar-refractivity contribution in [2.45, 2.75) is 6.54 Å². The molecular weight excluding hydrogens is 476 g/mol. The Morgan fingerprint density at radius 3 is 2.67 bits per heavy atom. The fraction of sp³-hybridized carbons (Fsp3) is 0.0769. The van der Waals surface area contributed by atoms with Gasteiger partial charge in [-0.15, -0.1) is 0 Å². The van der Waals surface area contributed by atoms with Gasteiger partial charge in [0.05, 0.1) is 4.47 Å². The van der Waals surface area contributed by atoms with E-state index in [-0.39, 0.29) is 5.82 Å². The second-order valence-corrected chi connectivity index (χ2v) is 6.50. The Hall–Kier alpha value is -0.140. The minimum atomic E-state index is -0.238. The summed E-state index contributed by atoms with van der Waals surface area (Å²) in [7, 11) is 0. The molecule has 0 aliphatic carbocycles. The zero-order valence-electron chi connectivity index (χ0n) is 9.18. The molecule has 0 radical (unpaired) electrons. The molecule has 0 aliphatic heterocycles. The lowest BCUT2D eigenvalue weighted by Gasteiger charge is -2.09. The van der Waals surface area contributed by atoms with Crippen molar-refractivity contribution >= 4 is 60.1 Å². The second kappa shape index (κ2) is 6.34. The van der Waals surface area contributed by atoms with Gasteiger partial charge in [0, 0.05) is 20.3 Å². The zero-order chi connectivity index (χ0) is 13.1. The fourth-order valence-electron chi connectivity index (χ4n) is 1.49. The van der Waals surface area contributed by atoms with Gasteiger partial charge in [-0.2, -0.15) is 0 Å². The average Bonchev–Trinajstić information content (AvgIpc) is 2.35. The van der Waals surface area contributed by atoms with E-state index in [1.54, 1.807) is 6.07 Å². The van der Waals surface area contributed by atoms with Crippen LogP contribution in [0.25, 0.3) is 0 Å². The summed E-state index contributed by atoms with van der Waals surface area (Å²) in [6, 6.07) is 11.1. The van der Waals surface area contributed by atoms with Crippen LogP contribution in [0.3, 0.4) is 0 Å². The van der Waals surface area contributed by atoms with Crippen LogP contribution >= 0.6 is 54.5 Å². The van der Waals surface area contributed by atoms with Crippen LogP contribution in [0.2, 0.25) is 0 Å². The summed E-state index contributed by atoms with van der Waals surface area (Å²) in [4.78, 5) is 0. The van der Waals surface area contributed by atoms with Crippen LogP contribution in [-0.4, -0.2) is 0 Å². The molecule has 0 aliphatic rings. The minimum absolute atomic E-state index is 0.238. The van der Waals surface area contributed by atoms with Crippen LogP contribution < -0.4 is 5.32 Å². The van der Waals surface area contributed by atoms with Crippen molar-refractivity contribution in [1.29, 1.82) is 0 Å². The lowest BCUT2D eigenvalue weighted by Crippen LogP contribution is -2.01. The smallest absolute Gasteiger partial charge is 0.137 e. The van der Waals surface area contributed by atoms with Crippen molar-refractivity contribution in [2.75, 3.05) is 5.32 Å². The second-order valence-electron chi connectivity index (χ2n) is 3.70. The number of hydrogen-bond donors (Lipinski definition) is 1. The first-order chi connectivity index (χ1) is 8.58. The number of nitrogens with one attached hydrogen (secondary N) is 1. The zero-order valence-corrected chi connectivity index (χ0v) is 14.5. The van der Waals surface area contributed by atoms with Crippen LogP contribution in [0, 0.1) is 9.39 Å².